The summed E-state index contributed by atoms with van der Waals surface area (Å²) >= 11 is 4.75. The van der Waals surface area contributed by atoms with Crippen molar-refractivity contribution in [3.63, 3.8) is 0 Å². The molecule has 0 unspecified atom stereocenters. The quantitative estimate of drug-likeness (QED) is 0.864. The smallest absolute Gasteiger partial charge is 0.161 e. The number of hydrogen-bond acceptors (Lipinski definition) is 3. The Balaban J connectivity index is 2.83. The number of halogens is 2. The van der Waals surface area contributed by atoms with Gasteiger partial charge in [-0.1, -0.05) is 0 Å². The van der Waals surface area contributed by atoms with Crippen LogP contribution >= 0.6 is 27.7 Å². The van der Waals surface area contributed by atoms with Crippen molar-refractivity contribution in [3.8, 4) is 6.07 Å². The molecule has 0 aliphatic rings. The minimum absolute atomic E-state index is 0.221. The first-order chi connectivity index (χ1) is 7.20. The Labute approximate surface area is 101 Å². The summed E-state index contributed by atoms with van der Waals surface area (Å²) < 4.78 is 13.8. The van der Waals surface area contributed by atoms with Gasteiger partial charge in [-0.05, 0) is 34.3 Å². The predicted molar refractivity (Wildman–Crippen MR) is 65.7 cm³/mol. The molecular weight excluding hydrogens is 279 g/mol. The predicted octanol–water partition coefficient (Wildman–Crippen LogP) is 3.23. The molecular formula is C10H10BrFN2S. The summed E-state index contributed by atoms with van der Waals surface area (Å²) in [5, 5.41) is 11.6. The van der Waals surface area contributed by atoms with E-state index in [0.29, 0.717) is 17.8 Å². The molecule has 0 heterocycles. The highest BCUT2D eigenvalue weighted by atomic mass is 79.9. The molecule has 0 radical (unpaired) electrons. The van der Waals surface area contributed by atoms with Crippen LogP contribution in [0.1, 0.15) is 5.56 Å². The minimum Gasteiger partial charge on any atom is -0.382 e. The Kier molecular flexibility index (Phi) is 4.92. The largest absolute Gasteiger partial charge is 0.382 e. The number of hydrogen-bond donors (Lipinski definition) is 1. The normalized spacial score (nSPS) is 9.73. The molecule has 0 bridgehead atoms. The van der Waals surface area contributed by atoms with Crippen LogP contribution in [0.4, 0.5) is 10.1 Å². The SMILES string of the molecule is CSCCNc1ccc(C#N)c(Br)c1F. The van der Waals surface area contributed by atoms with Gasteiger partial charge in [0, 0.05) is 12.3 Å². The third-order valence-electron chi connectivity index (χ3n) is 1.82. The minimum atomic E-state index is -0.407. The Morgan fingerprint density at radius 2 is 2.33 bits per heavy atom. The monoisotopic (exact) mass is 288 g/mol. The maximum atomic E-state index is 13.6. The van der Waals surface area contributed by atoms with E-state index >= 15 is 0 Å². The molecule has 2 nitrogen and oxygen atoms in total. The highest BCUT2D eigenvalue weighted by Gasteiger charge is 2.10. The molecule has 0 saturated heterocycles. The fourth-order valence-electron chi connectivity index (χ4n) is 1.06. The second-order valence-electron chi connectivity index (χ2n) is 2.82. The molecule has 1 rings (SSSR count). The lowest BCUT2D eigenvalue weighted by Gasteiger charge is -2.08. The third-order valence-corrected chi connectivity index (χ3v) is 3.21. The lowest BCUT2D eigenvalue weighted by Crippen LogP contribution is -2.06. The van der Waals surface area contributed by atoms with Gasteiger partial charge < -0.3 is 5.32 Å². The summed E-state index contributed by atoms with van der Waals surface area (Å²) in [6.07, 6.45) is 1.99. The van der Waals surface area contributed by atoms with Crippen LogP contribution in [0.2, 0.25) is 0 Å². The molecule has 0 atom stereocenters. The van der Waals surface area contributed by atoms with Crippen molar-refractivity contribution in [3.05, 3.63) is 28.0 Å². The van der Waals surface area contributed by atoms with Crippen LogP contribution in [0.3, 0.4) is 0 Å². The van der Waals surface area contributed by atoms with Crippen LogP contribution in [-0.4, -0.2) is 18.6 Å². The van der Waals surface area contributed by atoms with E-state index in [-0.39, 0.29) is 4.47 Å². The second kappa shape index (κ2) is 5.99. The third kappa shape index (κ3) is 3.11. The van der Waals surface area contributed by atoms with Crippen molar-refractivity contribution in [1.29, 1.82) is 5.26 Å². The van der Waals surface area contributed by atoms with Crippen molar-refractivity contribution >= 4 is 33.4 Å². The van der Waals surface area contributed by atoms with E-state index in [1.165, 1.54) is 0 Å². The average molecular weight is 289 g/mol. The van der Waals surface area contributed by atoms with Gasteiger partial charge in [0.15, 0.2) is 5.82 Å². The first kappa shape index (κ1) is 12.3. The molecule has 0 aliphatic carbocycles. The fraction of sp³-hybridized carbons (Fsp3) is 0.300. The summed E-state index contributed by atoms with van der Waals surface area (Å²) in [7, 11) is 0. The molecule has 0 aliphatic heterocycles. The van der Waals surface area contributed by atoms with Crippen molar-refractivity contribution in [2.24, 2.45) is 0 Å². The number of benzene rings is 1. The number of thioether (sulfide) groups is 1. The van der Waals surface area contributed by atoms with Crippen molar-refractivity contribution < 1.29 is 4.39 Å². The Bertz CT molecular complexity index is 390. The summed E-state index contributed by atoms with van der Waals surface area (Å²) in [5.74, 6) is 0.506. The van der Waals surface area contributed by atoms with Crippen molar-refractivity contribution in [1.82, 2.24) is 0 Å². The first-order valence-corrected chi connectivity index (χ1v) is 6.50. The molecule has 0 spiro atoms. The highest BCUT2D eigenvalue weighted by molar-refractivity contribution is 9.10. The zero-order chi connectivity index (χ0) is 11.3. The molecule has 80 valence electrons. The van der Waals surface area contributed by atoms with Gasteiger partial charge in [0.05, 0.1) is 15.7 Å². The van der Waals surface area contributed by atoms with E-state index in [1.807, 2.05) is 12.3 Å². The molecule has 15 heavy (non-hydrogen) atoms. The number of rotatable bonds is 4. The standard InChI is InChI=1S/C10H10BrFN2S/c1-15-5-4-14-8-3-2-7(6-13)9(11)10(8)12/h2-3,14H,4-5H2,1H3. The van der Waals surface area contributed by atoms with Gasteiger partial charge >= 0.3 is 0 Å². The van der Waals surface area contributed by atoms with E-state index in [1.54, 1.807) is 23.9 Å². The fourth-order valence-corrected chi connectivity index (χ4v) is 1.80. The molecule has 5 heteroatoms. The van der Waals surface area contributed by atoms with Crippen LogP contribution in [0.25, 0.3) is 0 Å². The van der Waals surface area contributed by atoms with Crippen LogP contribution in [0.15, 0.2) is 16.6 Å². The molecule has 1 aromatic rings. The van der Waals surface area contributed by atoms with Crippen LogP contribution < -0.4 is 5.32 Å². The van der Waals surface area contributed by atoms with Crippen molar-refractivity contribution in [2.45, 2.75) is 0 Å². The first-order valence-electron chi connectivity index (χ1n) is 4.31. The van der Waals surface area contributed by atoms with Gasteiger partial charge in [-0.3, -0.25) is 0 Å². The summed E-state index contributed by atoms with van der Waals surface area (Å²) in [5.41, 5.74) is 0.734. The van der Waals surface area contributed by atoms with Crippen LogP contribution in [0.5, 0.6) is 0 Å². The molecule has 0 amide bonds. The number of nitrogens with zero attached hydrogens (tertiary/aromatic N) is 1. The van der Waals surface area contributed by atoms with E-state index in [2.05, 4.69) is 21.2 Å². The number of anilines is 1. The molecule has 0 saturated carbocycles. The topological polar surface area (TPSA) is 35.8 Å². The number of nitriles is 1. The van der Waals surface area contributed by atoms with Crippen LogP contribution in [-0.2, 0) is 0 Å². The van der Waals surface area contributed by atoms with Gasteiger partial charge in [-0.25, -0.2) is 4.39 Å². The Morgan fingerprint density at radius 1 is 1.60 bits per heavy atom. The van der Waals surface area contributed by atoms with Crippen molar-refractivity contribution in [2.75, 3.05) is 23.9 Å². The molecule has 0 fully saturated rings. The van der Waals surface area contributed by atoms with Gasteiger partial charge in [0.2, 0.25) is 0 Å². The lowest BCUT2D eigenvalue weighted by molar-refractivity contribution is 0.623. The van der Waals surface area contributed by atoms with E-state index in [4.69, 9.17) is 5.26 Å². The summed E-state index contributed by atoms with van der Waals surface area (Å²) in [4.78, 5) is 0. The van der Waals surface area contributed by atoms with Gasteiger partial charge in [-0.15, -0.1) is 0 Å². The summed E-state index contributed by atoms with van der Waals surface area (Å²) in [6, 6.07) is 5.09. The lowest BCUT2D eigenvalue weighted by atomic mass is 10.2. The molecule has 1 aromatic carbocycles. The average Bonchev–Trinajstić information content (AvgIpc) is 2.25. The van der Waals surface area contributed by atoms with Gasteiger partial charge in [0.25, 0.3) is 0 Å². The highest BCUT2D eigenvalue weighted by Crippen LogP contribution is 2.26. The number of nitrogens with one attached hydrogen (secondary N) is 1. The maximum Gasteiger partial charge on any atom is 0.161 e. The molecule has 1 N–H and O–H groups in total. The maximum absolute atomic E-state index is 13.6. The summed E-state index contributed by atoms with van der Waals surface area (Å²) in [6.45, 7) is 0.705. The van der Waals surface area contributed by atoms with Gasteiger partial charge in [0.1, 0.15) is 6.07 Å². The van der Waals surface area contributed by atoms with E-state index in [0.717, 1.165) is 5.75 Å². The van der Waals surface area contributed by atoms with E-state index < -0.39 is 5.82 Å². The molecule has 0 aromatic heterocycles. The van der Waals surface area contributed by atoms with E-state index in [9.17, 15) is 4.39 Å². The zero-order valence-electron chi connectivity index (χ0n) is 8.18. The Morgan fingerprint density at radius 3 is 2.93 bits per heavy atom. The van der Waals surface area contributed by atoms with Gasteiger partial charge in [-0.2, -0.15) is 17.0 Å². The Hall–Kier alpha value is -0.730. The van der Waals surface area contributed by atoms with Crippen LogP contribution in [0, 0.1) is 17.1 Å². The second-order valence-corrected chi connectivity index (χ2v) is 4.60. The zero-order valence-corrected chi connectivity index (χ0v) is 10.6.